The van der Waals surface area contributed by atoms with Crippen molar-refractivity contribution in [1.82, 2.24) is 0 Å². The zero-order valence-electron chi connectivity index (χ0n) is 17.0. The van der Waals surface area contributed by atoms with E-state index in [1.165, 1.54) is 7.11 Å². The summed E-state index contributed by atoms with van der Waals surface area (Å²) in [6, 6.07) is 8.87. The Bertz CT molecular complexity index is 777. The minimum atomic E-state index is -0.406. The van der Waals surface area contributed by atoms with E-state index in [0.29, 0.717) is 29.4 Å². The van der Waals surface area contributed by atoms with Crippen molar-refractivity contribution in [2.24, 2.45) is 0 Å². The summed E-state index contributed by atoms with van der Waals surface area (Å²) in [5, 5.41) is 9.83. The van der Waals surface area contributed by atoms with Crippen LogP contribution in [-0.4, -0.2) is 39.6 Å². The Morgan fingerprint density at radius 2 is 1.57 bits per heavy atom. The molecule has 0 fully saturated rings. The first-order valence-corrected chi connectivity index (χ1v) is 8.91. The third kappa shape index (κ3) is 4.70. The van der Waals surface area contributed by atoms with Gasteiger partial charge in [0.1, 0.15) is 12.2 Å². The molecule has 28 heavy (non-hydrogen) atoms. The number of allylic oxidation sites excluding steroid dienone is 1. The Kier molecular flexibility index (Phi) is 7.58. The summed E-state index contributed by atoms with van der Waals surface area (Å²) >= 11 is 0. The number of rotatable bonds is 10. The first-order chi connectivity index (χ1) is 13.5. The SMILES string of the molecule is C=CCc1cc(OC)c(OC(C)C(OC)c2ccc(O)c(OC)c2)c(OC)c1. The Morgan fingerprint density at radius 1 is 0.964 bits per heavy atom. The van der Waals surface area contributed by atoms with Gasteiger partial charge in [0.05, 0.1) is 21.3 Å². The molecule has 2 rings (SSSR count). The molecule has 0 bridgehead atoms. The van der Waals surface area contributed by atoms with E-state index in [9.17, 15) is 5.11 Å². The molecule has 0 aliphatic rings. The Morgan fingerprint density at radius 3 is 2.07 bits per heavy atom. The van der Waals surface area contributed by atoms with Crippen LogP contribution in [0, 0.1) is 0 Å². The third-order valence-corrected chi connectivity index (χ3v) is 4.42. The number of aromatic hydroxyl groups is 1. The topological polar surface area (TPSA) is 66.4 Å². The van der Waals surface area contributed by atoms with Gasteiger partial charge in [0.25, 0.3) is 0 Å². The molecule has 6 nitrogen and oxygen atoms in total. The van der Waals surface area contributed by atoms with Gasteiger partial charge < -0.3 is 28.8 Å². The van der Waals surface area contributed by atoms with Crippen LogP contribution in [0.1, 0.15) is 24.2 Å². The third-order valence-electron chi connectivity index (χ3n) is 4.42. The van der Waals surface area contributed by atoms with Crippen LogP contribution in [0.5, 0.6) is 28.7 Å². The maximum Gasteiger partial charge on any atom is 0.203 e. The molecule has 2 aromatic carbocycles. The predicted molar refractivity (Wildman–Crippen MR) is 108 cm³/mol. The van der Waals surface area contributed by atoms with Gasteiger partial charge in [-0.2, -0.15) is 0 Å². The molecular formula is C22H28O6. The molecule has 0 aliphatic carbocycles. The second-order valence-electron chi connectivity index (χ2n) is 6.23. The maximum atomic E-state index is 9.83. The van der Waals surface area contributed by atoms with Crippen molar-refractivity contribution in [3.8, 4) is 28.7 Å². The van der Waals surface area contributed by atoms with Gasteiger partial charge in [-0.05, 0) is 48.7 Å². The van der Waals surface area contributed by atoms with Gasteiger partial charge in [0.2, 0.25) is 5.75 Å². The van der Waals surface area contributed by atoms with Gasteiger partial charge in [0.15, 0.2) is 23.0 Å². The minimum absolute atomic E-state index is 0.0656. The van der Waals surface area contributed by atoms with E-state index in [1.807, 2.05) is 25.1 Å². The van der Waals surface area contributed by atoms with Crippen LogP contribution in [0.3, 0.4) is 0 Å². The van der Waals surface area contributed by atoms with Gasteiger partial charge in [-0.25, -0.2) is 0 Å². The second kappa shape index (κ2) is 9.90. The van der Waals surface area contributed by atoms with Crippen LogP contribution in [0.4, 0.5) is 0 Å². The first kappa shape index (κ1) is 21.4. The van der Waals surface area contributed by atoms with E-state index in [1.54, 1.807) is 39.5 Å². The molecule has 0 heterocycles. The summed E-state index contributed by atoms with van der Waals surface area (Å²) in [6.07, 6.45) is 1.72. The highest BCUT2D eigenvalue weighted by atomic mass is 16.6. The second-order valence-corrected chi connectivity index (χ2v) is 6.23. The van der Waals surface area contributed by atoms with Crippen LogP contribution >= 0.6 is 0 Å². The zero-order valence-corrected chi connectivity index (χ0v) is 17.0. The Labute approximate surface area is 166 Å². The summed E-state index contributed by atoms with van der Waals surface area (Å²) < 4.78 is 28.1. The highest BCUT2D eigenvalue weighted by Crippen LogP contribution is 2.41. The summed E-state index contributed by atoms with van der Waals surface area (Å²) in [5.41, 5.74) is 1.82. The van der Waals surface area contributed by atoms with E-state index >= 15 is 0 Å². The molecule has 6 heteroatoms. The lowest BCUT2D eigenvalue weighted by molar-refractivity contribution is 0.00727. The lowest BCUT2D eigenvalue weighted by Gasteiger charge is -2.26. The van der Waals surface area contributed by atoms with Gasteiger partial charge >= 0.3 is 0 Å². The lowest BCUT2D eigenvalue weighted by atomic mass is 10.0. The van der Waals surface area contributed by atoms with Gasteiger partial charge in [-0.1, -0.05) is 12.1 Å². The number of hydrogen-bond donors (Lipinski definition) is 1. The molecule has 0 aliphatic heterocycles. The van der Waals surface area contributed by atoms with Crippen molar-refractivity contribution >= 4 is 0 Å². The average molecular weight is 388 g/mol. The van der Waals surface area contributed by atoms with Gasteiger partial charge in [-0.3, -0.25) is 0 Å². The summed E-state index contributed by atoms with van der Waals surface area (Å²) in [6.45, 7) is 5.66. The van der Waals surface area contributed by atoms with Crippen molar-refractivity contribution in [3.05, 3.63) is 54.1 Å². The number of methoxy groups -OCH3 is 4. The molecule has 2 atom stereocenters. The van der Waals surface area contributed by atoms with Crippen LogP contribution in [0.15, 0.2) is 43.0 Å². The monoisotopic (exact) mass is 388 g/mol. The lowest BCUT2D eigenvalue weighted by Crippen LogP contribution is -2.24. The Hall–Kier alpha value is -2.86. The highest BCUT2D eigenvalue weighted by molar-refractivity contribution is 5.54. The van der Waals surface area contributed by atoms with Crippen LogP contribution in [0.25, 0.3) is 0 Å². The van der Waals surface area contributed by atoms with Crippen LogP contribution < -0.4 is 18.9 Å². The fraction of sp³-hybridized carbons (Fsp3) is 0.364. The zero-order chi connectivity index (χ0) is 20.7. The molecule has 2 unspecified atom stereocenters. The van der Waals surface area contributed by atoms with Crippen molar-refractivity contribution in [2.45, 2.75) is 25.6 Å². The number of ether oxygens (including phenoxy) is 5. The predicted octanol–water partition coefficient (Wildman–Crippen LogP) is 4.30. The number of phenolic OH excluding ortho intramolecular Hbond substituents is 1. The van der Waals surface area contributed by atoms with E-state index in [-0.39, 0.29) is 11.9 Å². The van der Waals surface area contributed by atoms with Crippen molar-refractivity contribution in [1.29, 1.82) is 0 Å². The molecule has 0 radical (unpaired) electrons. The average Bonchev–Trinajstić information content (AvgIpc) is 2.70. The van der Waals surface area contributed by atoms with Crippen LogP contribution in [0.2, 0.25) is 0 Å². The standard InChI is InChI=1S/C22H28O6/c1-7-8-15-11-19(25-4)22(20(12-15)26-5)28-14(2)21(27-6)16-9-10-17(23)18(13-16)24-3/h7,9-14,21,23H,1,8H2,2-6H3. The molecule has 0 saturated carbocycles. The number of benzene rings is 2. The first-order valence-electron chi connectivity index (χ1n) is 8.91. The normalized spacial score (nSPS) is 12.8. The number of hydrogen-bond acceptors (Lipinski definition) is 6. The van der Waals surface area contributed by atoms with Gasteiger partial charge in [-0.15, -0.1) is 6.58 Å². The molecule has 0 aromatic heterocycles. The van der Waals surface area contributed by atoms with E-state index in [0.717, 1.165) is 11.1 Å². The van der Waals surface area contributed by atoms with E-state index in [4.69, 9.17) is 23.7 Å². The fourth-order valence-corrected chi connectivity index (χ4v) is 3.05. The quantitative estimate of drug-likeness (QED) is 0.612. The molecule has 0 spiro atoms. The molecular weight excluding hydrogens is 360 g/mol. The molecule has 2 aromatic rings. The highest BCUT2D eigenvalue weighted by Gasteiger charge is 2.25. The molecule has 152 valence electrons. The van der Waals surface area contributed by atoms with Crippen molar-refractivity contribution in [3.63, 3.8) is 0 Å². The summed E-state index contributed by atoms with van der Waals surface area (Å²) in [7, 11) is 6.28. The van der Waals surface area contributed by atoms with E-state index in [2.05, 4.69) is 6.58 Å². The molecule has 1 N–H and O–H groups in total. The van der Waals surface area contributed by atoms with Crippen molar-refractivity contribution in [2.75, 3.05) is 28.4 Å². The van der Waals surface area contributed by atoms with Gasteiger partial charge in [0, 0.05) is 7.11 Å². The largest absolute Gasteiger partial charge is 0.504 e. The summed E-state index contributed by atoms with van der Waals surface area (Å²) in [4.78, 5) is 0. The molecule has 0 saturated heterocycles. The maximum absolute atomic E-state index is 9.83. The van der Waals surface area contributed by atoms with Crippen molar-refractivity contribution < 1.29 is 28.8 Å². The fourth-order valence-electron chi connectivity index (χ4n) is 3.05. The van der Waals surface area contributed by atoms with Crippen LogP contribution in [-0.2, 0) is 11.2 Å². The molecule has 0 amide bonds. The minimum Gasteiger partial charge on any atom is -0.504 e. The van der Waals surface area contributed by atoms with E-state index < -0.39 is 6.10 Å². The summed E-state index contributed by atoms with van der Waals surface area (Å²) in [5.74, 6) is 2.08. The number of phenols is 1. The Balaban J connectivity index is 2.36. The smallest absolute Gasteiger partial charge is 0.203 e.